The van der Waals surface area contributed by atoms with Crippen molar-refractivity contribution in [3.63, 3.8) is 0 Å². The second kappa shape index (κ2) is 11.6. The molecule has 10 atom stereocenters. The van der Waals surface area contributed by atoms with Crippen molar-refractivity contribution >= 4 is 11.0 Å². The van der Waals surface area contributed by atoms with E-state index < -0.39 is 84.9 Å². The fourth-order valence-corrected chi connectivity index (χ4v) is 4.76. The Bertz CT molecular complexity index is 1490. The van der Waals surface area contributed by atoms with Gasteiger partial charge >= 0.3 is 0 Å². The van der Waals surface area contributed by atoms with Gasteiger partial charge in [0, 0.05) is 23.8 Å². The summed E-state index contributed by atoms with van der Waals surface area (Å²) in [6.07, 6.45) is -15.1. The van der Waals surface area contributed by atoms with Crippen LogP contribution < -0.4 is 10.2 Å². The smallest absolute Gasteiger partial charge is 0.229 e. The van der Waals surface area contributed by atoms with Crippen LogP contribution in [0.1, 0.15) is 6.92 Å². The molecule has 2 aromatic carbocycles. The fourth-order valence-electron chi connectivity index (χ4n) is 4.76. The fraction of sp³-hybridized carbons (Fsp3) is 0.444. The lowest BCUT2D eigenvalue weighted by Crippen LogP contribution is -2.61. The predicted octanol–water partition coefficient (Wildman–Crippen LogP) is -1.39. The molecule has 0 saturated carbocycles. The molecule has 2 aliphatic heterocycles. The number of fused-ring (bicyclic) bond motifs is 1. The van der Waals surface area contributed by atoms with Gasteiger partial charge in [0.1, 0.15) is 71.0 Å². The Balaban J connectivity index is 1.36. The number of hydrogen-bond donors (Lipinski definition) is 9. The first kappa shape index (κ1) is 30.0. The van der Waals surface area contributed by atoms with Crippen molar-refractivity contribution < 1.29 is 69.3 Å². The Morgan fingerprint density at radius 2 is 1.43 bits per heavy atom. The van der Waals surface area contributed by atoms with Crippen molar-refractivity contribution in [2.24, 2.45) is 0 Å². The van der Waals surface area contributed by atoms with Crippen LogP contribution in [0.3, 0.4) is 0 Å². The minimum atomic E-state index is -1.79. The summed E-state index contributed by atoms with van der Waals surface area (Å²) >= 11 is 0. The third-order valence-electron chi connectivity index (χ3n) is 7.20. The van der Waals surface area contributed by atoms with Crippen LogP contribution in [0.4, 0.5) is 0 Å². The minimum Gasteiger partial charge on any atom is -0.507 e. The Labute approximate surface area is 236 Å². The third-order valence-corrected chi connectivity index (χ3v) is 7.20. The quantitative estimate of drug-likeness (QED) is 0.149. The predicted molar refractivity (Wildman–Crippen MR) is 139 cm³/mol. The van der Waals surface area contributed by atoms with E-state index in [1.165, 1.54) is 31.2 Å². The topological polar surface area (TPSA) is 249 Å². The van der Waals surface area contributed by atoms with Gasteiger partial charge in [0.2, 0.25) is 6.29 Å². The monoisotopic (exact) mass is 594 g/mol. The van der Waals surface area contributed by atoms with Crippen molar-refractivity contribution in [1.82, 2.24) is 0 Å². The largest absolute Gasteiger partial charge is 0.507 e. The van der Waals surface area contributed by atoms with E-state index in [2.05, 4.69) is 0 Å². The van der Waals surface area contributed by atoms with Gasteiger partial charge in [-0.15, -0.1) is 0 Å². The molecule has 42 heavy (non-hydrogen) atoms. The highest BCUT2D eigenvalue weighted by atomic mass is 16.7. The van der Waals surface area contributed by atoms with Gasteiger partial charge < -0.3 is 69.3 Å². The molecule has 3 heterocycles. The van der Waals surface area contributed by atoms with Gasteiger partial charge in [0.15, 0.2) is 23.2 Å². The molecule has 15 nitrogen and oxygen atoms in total. The maximum Gasteiger partial charge on any atom is 0.229 e. The molecule has 2 saturated heterocycles. The first-order chi connectivity index (χ1) is 19.8. The van der Waals surface area contributed by atoms with E-state index in [0.717, 1.165) is 12.1 Å². The highest BCUT2D eigenvalue weighted by Gasteiger charge is 2.47. The average molecular weight is 595 g/mol. The van der Waals surface area contributed by atoms with Crippen LogP contribution in [0.15, 0.2) is 45.6 Å². The number of ether oxygens (including phenoxy) is 4. The second-order valence-corrected chi connectivity index (χ2v) is 10.1. The highest BCUT2D eigenvalue weighted by molar-refractivity contribution is 5.86. The summed E-state index contributed by atoms with van der Waals surface area (Å²) in [6, 6.07) is 7.09. The Morgan fingerprint density at radius 3 is 2.14 bits per heavy atom. The molecule has 2 fully saturated rings. The molecule has 15 heteroatoms. The van der Waals surface area contributed by atoms with Gasteiger partial charge in [-0.1, -0.05) is 0 Å². The number of aromatic hydroxyl groups is 3. The van der Waals surface area contributed by atoms with E-state index in [9.17, 15) is 50.8 Å². The zero-order chi connectivity index (χ0) is 30.5. The summed E-state index contributed by atoms with van der Waals surface area (Å²) in [7, 11) is 0. The van der Waals surface area contributed by atoms with Crippen molar-refractivity contribution in [2.45, 2.75) is 68.3 Å². The zero-order valence-electron chi connectivity index (χ0n) is 21.9. The van der Waals surface area contributed by atoms with Crippen molar-refractivity contribution in [1.29, 1.82) is 0 Å². The molecular weight excluding hydrogens is 564 g/mol. The molecule has 0 aliphatic carbocycles. The number of aliphatic hydroxyl groups is 6. The first-order valence-electron chi connectivity index (χ1n) is 12.9. The first-order valence-corrected chi connectivity index (χ1v) is 12.9. The molecule has 2 aliphatic rings. The SMILES string of the molecule is C[C@@H]1O[C@H](OC[C@H]2O[C@@H](Oc3cc(O)c4c(=O)cc(-c5ccc(O)c(O)c5)oc4c3)[C@H](O)[C@@H](O)[C@@H]2O)[C@@H](O)[C@H](O)[C@H]1O. The van der Waals surface area contributed by atoms with E-state index in [-0.39, 0.29) is 33.8 Å². The van der Waals surface area contributed by atoms with Crippen molar-refractivity contribution in [2.75, 3.05) is 6.61 Å². The Hall–Kier alpha value is -3.51. The maximum atomic E-state index is 12.7. The van der Waals surface area contributed by atoms with Gasteiger partial charge in [-0.25, -0.2) is 0 Å². The van der Waals surface area contributed by atoms with Gasteiger partial charge in [-0.05, 0) is 25.1 Å². The molecule has 0 radical (unpaired) electrons. The average Bonchev–Trinajstić information content (AvgIpc) is 2.95. The van der Waals surface area contributed by atoms with Crippen LogP contribution in [0.25, 0.3) is 22.3 Å². The molecule has 228 valence electrons. The zero-order valence-corrected chi connectivity index (χ0v) is 21.9. The van der Waals surface area contributed by atoms with Crippen LogP contribution in [-0.2, 0) is 14.2 Å². The molecule has 0 unspecified atom stereocenters. The standard InChI is InChI=1S/C27H30O15/c1-9-20(32)22(34)24(36)26(39-9)38-8-18-21(33)23(35)25(37)27(42-18)40-11-5-14(30)19-15(31)7-16(41-17(19)6-11)10-2-3-12(28)13(29)4-10/h2-7,9,18,20-30,32-37H,8H2,1H3/t9-,18+,20-,21+,22+,23-,24-,25+,26-,27+/m0/s1. The molecule has 1 aromatic heterocycles. The number of hydrogen-bond acceptors (Lipinski definition) is 15. The van der Waals surface area contributed by atoms with E-state index in [0.29, 0.717) is 0 Å². The summed E-state index contributed by atoms with van der Waals surface area (Å²) in [6.45, 7) is 0.938. The third kappa shape index (κ3) is 5.61. The summed E-state index contributed by atoms with van der Waals surface area (Å²) < 4.78 is 27.8. The lowest BCUT2D eigenvalue weighted by molar-refractivity contribution is -0.318. The summed E-state index contributed by atoms with van der Waals surface area (Å²) in [4.78, 5) is 12.7. The van der Waals surface area contributed by atoms with Crippen LogP contribution in [0, 0.1) is 0 Å². The molecule has 5 rings (SSSR count). The Kier molecular flexibility index (Phi) is 8.30. The van der Waals surface area contributed by atoms with E-state index >= 15 is 0 Å². The normalized spacial score (nSPS) is 33.5. The maximum absolute atomic E-state index is 12.7. The lowest BCUT2D eigenvalue weighted by atomic mass is 9.98. The van der Waals surface area contributed by atoms with Crippen LogP contribution in [0.2, 0.25) is 0 Å². The summed E-state index contributed by atoms with van der Waals surface area (Å²) in [5, 5.41) is 91.0. The van der Waals surface area contributed by atoms with Crippen LogP contribution >= 0.6 is 0 Å². The number of phenolic OH excluding ortho intramolecular Hbond substituents is 3. The van der Waals surface area contributed by atoms with Crippen molar-refractivity contribution in [3.8, 4) is 34.3 Å². The summed E-state index contributed by atoms with van der Waals surface area (Å²) in [5.41, 5.74) is -0.541. The number of rotatable bonds is 6. The van der Waals surface area contributed by atoms with Crippen LogP contribution in [0.5, 0.6) is 23.0 Å². The minimum absolute atomic E-state index is 0.0110. The lowest BCUT2D eigenvalue weighted by Gasteiger charge is -2.42. The summed E-state index contributed by atoms with van der Waals surface area (Å²) in [5.74, 6) is -1.56. The molecule has 0 spiro atoms. The molecule has 3 aromatic rings. The number of phenols is 3. The van der Waals surface area contributed by atoms with Crippen molar-refractivity contribution in [3.05, 3.63) is 46.6 Å². The van der Waals surface area contributed by atoms with E-state index in [1.54, 1.807) is 0 Å². The van der Waals surface area contributed by atoms with Gasteiger partial charge in [-0.3, -0.25) is 4.79 Å². The molecule has 0 amide bonds. The second-order valence-electron chi connectivity index (χ2n) is 10.1. The number of aliphatic hydroxyl groups excluding tert-OH is 6. The van der Waals surface area contributed by atoms with E-state index in [1.807, 2.05) is 0 Å². The molecule has 9 N–H and O–H groups in total. The highest BCUT2D eigenvalue weighted by Crippen LogP contribution is 2.35. The Morgan fingerprint density at radius 1 is 0.738 bits per heavy atom. The number of benzene rings is 2. The van der Waals surface area contributed by atoms with Gasteiger partial charge in [0.25, 0.3) is 0 Å². The van der Waals surface area contributed by atoms with Crippen LogP contribution in [-0.4, -0.2) is 114 Å². The van der Waals surface area contributed by atoms with Gasteiger partial charge in [0.05, 0.1) is 12.7 Å². The molecule has 0 bridgehead atoms. The van der Waals surface area contributed by atoms with E-state index in [4.69, 9.17) is 23.4 Å². The molecular formula is C27H30O15. The van der Waals surface area contributed by atoms with Gasteiger partial charge in [-0.2, -0.15) is 0 Å².